The van der Waals surface area contributed by atoms with Gasteiger partial charge in [-0.25, -0.2) is 0 Å². The molecular formula is C14H24N2O3. The Kier molecular flexibility index (Phi) is 6.59. The average molecular weight is 268 g/mol. The van der Waals surface area contributed by atoms with Gasteiger partial charge in [0.1, 0.15) is 11.5 Å². The zero-order valence-corrected chi connectivity index (χ0v) is 12.1. The summed E-state index contributed by atoms with van der Waals surface area (Å²) < 4.78 is 5.52. The number of rotatable bonds is 8. The fourth-order valence-electron chi connectivity index (χ4n) is 1.76. The Balaban J connectivity index is 2.59. The Hall–Kier alpha value is -1.33. The summed E-state index contributed by atoms with van der Waals surface area (Å²) in [6.45, 7) is 3.90. The molecule has 0 aromatic carbocycles. The number of furan rings is 1. The number of nitrogens with zero attached hydrogens (tertiary/aromatic N) is 2. The molecular weight excluding hydrogens is 244 g/mol. The average Bonchev–Trinajstić information content (AvgIpc) is 2.76. The predicted molar refractivity (Wildman–Crippen MR) is 73.7 cm³/mol. The minimum absolute atomic E-state index is 0.0487. The fraction of sp³-hybridized carbons (Fsp3) is 0.643. The van der Waals surface area contributed by atoms with E-state index in [4.69, 9.17) is 9.52 Å². The van der Waals surface area contributed by atoms with E-state index >= 15 is 0 Å². The minimum atomic E-state index is 0.0487. The largest absolute Gasteiger partial charge is 0.464 e. The van der Waals surface area contributed by atoms with Gasteiger partial charge in [-0.15, -0.1) is 0 Å². The van der Waals surface area contributed by atoms with Gasteiger partial charge in [-0.05, 0) is 39.6 Å². The Morgan fingerprint density at radius 3 is 2.58 bits per heavy atom. The highest BCUT2D eigenvalue weighted by Crippen LogP contribution is 2.11. The third kappa shape index (κ3) is 5.89. The molecule has 0 spiro atoms. The molecule has 1 aromatic rings. The number of likely N-dealkylation sites (N-methyl/N-ethyl adjacent to an activating group) is 1. The first-order valence-corrected chi connectivity index (χ1v) is 6.61. The van der Waals surface area contributed by atoms with E-state index in [1.807, 2.05) is 38.1 Å². The number of aliphatic hydroxyl groups excluding tert-OH is 1. The molecule has 0 bridgehead atoms. The van der Waals surface area contributed by atoms with Crippen molar-refractivity contribution >= 4 is 5.91 Å². The number of hydrogen-bond donors (Lipinski definition) is 1. The summed E-state index contributed by atoms with van der Waals surface area (Å²) in [7, 11) is 3.96. The third-order valence-electron chi connectivity index (χ3n) is 2.86. The first kappa shape index (κ1) is 15.7. The van der Waals surface area contributed by atoms with E-state index in [-0.39, 0.29) is 12.5 Å². The van der Waals surface area contributed by atoms with Crippen LogP contribution in [0.3, 0.4) is 0 Å². The van der Waals surface area contributed by atoms with Crippen LogP contribution in [0.15, 0.2) is 16.5 Å². The van der Waals surface area contributed by atoms with Gasteiger partial charge in [-0.1, -0.05) is 0 Å². The second-order valence-electron chi connectivity index (χ2n) is 4.96. The van der Waals surface area contributed by atoms with Gasteiger partial charge < -0.3 is 19.3 Å². The van der Waals surface area contributed by atoms with Crippen molar-refractivity contribution in [2.75, 3.05) is 33.8 Å². The van der Waals surface area contributed by atoms with Crippen molar-refractivity contribution in [1.29, 1.82) is 0 Å². The smallest absolute Gasteiger partial charge is 0.223 e. The third-order valence-corrected chi connectivity index (χ3v) is 2.86. The molecule has 0 fully saturated rings. The normalized spacial score (nSPS) is 11.0. The van der Waals surface area contributed by atoms with Crippen LogP contribution >= 0.6 is 0 Å². The standard InChI is InChI=1S/C14H24N2O3/c1-12-6-7-13(19-12)11-16(9-8-15(2)3)14(18)5-4-10-17/h6-7,17H,4-5,8-11H2,1-3H3. The van der Waals surface area contributed by atoms with Crippen molar-refractivity contribution in [3.63, 3.8) is 0 Å². The number of hydrogen-bond acceptors (Lipinski definition) is 4. The van der Waals surface area contributed by atoms with Gasteiger partial charge in [0.25, 0.3) is 0 Å². The van der Waals surface area contributed by atoms with Crippen LogP contribution in [0.2, 0.25) is 0 Å². The van der Waals surface area contributed by atoms with Crippen molar-refractivity contribution < 1.29 is 14.3 Å². The van der Waals surface area contributed by atoms with E-state index < -0.39 is 0 Å². The molecule has 0 aliphatic rings. The quantitative estimate of drug-likeness (QED) is 0.771. The summed E-state index contributed by atoms with van der Waals surface area (Å²) in [5.41, 5.74) is 0. The molecule has 19 heavy (non-hydrogen) atoms. The molecule has 0 unspecified atom stereocenters. The van der Waals surface area contributed by atoms with Crippen molar-refractivity contribution in [2.45, 2.75) is 26.3 Å². The maximum absolute atomic E-state index is 12.1. The lowest BCUT2D eigenvalue weighted by Gasteiger charge is -2.23. The van der Waals surface area contributed by atoms with Crippen LogP contribution in [0.4, 0.5) is 0 Å². The molecule has 5 heteroatoms. The maximum atomic E-state index is 12.1. The highest BCUT2D eigenvalue weighted by molar-refractivity contribution is 5.76. The molecule has 1 aromatic heterocycles. The Morgan fingerprint density at radius 2 is 2.05 bits per heavy atom. The van der Waals surface area contributed by atoms with Crippen molar-refractivity contribution in [3.8, 4) is 0 Å². The van der Waals surface area contributed by atoms with Gasteiger partial charge in [-0.3, -0.25) is 4.79 Å². The molecule has 0 atom stereocenters. The molecule has 0 aliphatic carbocycles. The van der Waals surface area contributed by atoms with Gasteiger partial charge >= 0.3 is 0 Å². The second-order valence-corrected chi connectivity index (χ2v) is 4.96. The number of aryl methyl sites for hydroxylation is 1. The predicted octanol–water partition coefficient (Wildman–Crippen LogP) is 1.25. The minimum Gasteiger partial charge on any atom is -0.464 e. The van der Waals surface area contributed by atoms with Crippen molar-refractivity contribution in [2.24, 2.45) is 0 Å². The van der Waals surface area contributed by atoms with E-state index in [0.717, 1.165) is 18.1 Å². The van der Waals surface area contributed by atoms with Crippen LogP contribution in [0.25, 0.3) is 0 Å². The maximum Gasteiger partial charge on any atom is 0.223 e. The molecule has 0 saturated carbocycles. The highest BCUT2D eigenvalue weighted by atomic mass is 16.3. The first-order chi connectivity index (χ1) is 9.02. The summed E-state index contributed by atoms with van der Waals surface area (Å²) in [4.78, 5) is 15.9. The lowest BCUT2D eigenvalue weighted by atomic mass is 10.2. The van der Waals surface area contributed by atoms with Crippen molar-refractivity contribution in [1.82, 2.24) is 9.80 Å². The van der Waals surface area contributed by atoms with Crippen LogP contribution in [0.1, 0.15) is 24.4 Å². The number of amides is 1. The molecule has 108 valence electrons. The lowest BCUT2D eigenvalue weighted by Crippen LogP contribution is -2.36. The van der Waals surface area contributed by atoms with Crippen LogP contribution in [0, 0.1) is 6.92 Å². The molecule has 1 N–H and O–H groups in total. The summed E-state index contributed by atoms with van der Waals surface area (Å²) in [6.07, 6.45) is 0.887. The van der Waals surface area contributed by atoms with Gasteiger partial charge in [-0.2, -0.15) is 0 Å². The number of carbonyl (C=O) groups is 1. The van der Waals surface area contributed by atoms with E-state index in [1.165, 1.54) is 0 Å². The summed E-state index contributed by atoms with van der Waals surface area (Å²) in [5, 5.41) is 8.81. The first-order valence-electron chi connectivity index (χ1n) is 6.61. The second kappa shape index (κ2) is 7.96. The molecule has 0 radical (unpaired) electrons. The van der Waals surface area contributed by atoms with E-state index in [0.29, 0.717) is 25.9 Å². The SMILES string of the molecule is Cc1ccc(CN(CCN(C)C)C(=O)CCCO)o1. The van der Waals surface area contributed by atoms with Gasteiger partial charge in [0.05, 0.1) is 6.54 Å². The van der Waals surface area contributed by atoms with Crippen LogP contribution in [-0.4, -0.2) is 54.6 Å². The van der Waals surface area contributed by atoms with Gasteiger partial charge in [0, 0.05) is 26.1 Å². The number of carbonyl (C=O) groups excluding carboxylic acids is 1. The van der Waals surface area contributed by atoms with E-state index in [1.54, 1.807) is 4.90 Å². The molecule has 1 amide bonds. The van der Waals surface area contributed by atoms with Crippen LogP contribution < -0.4 is 0 Å². The molecule has 1 heterocycles. The number of aliphatic hydroxyl groups is 1. The summed E-state index contributed by atoms with van der Waals surface area (Å²) >= 11 is 0. The molecule has 0 aliphatic heterocycles. The van der Waals surface area contributed by atoms with E-state index in [9.17, 15) is 4.79 Å². The van der Waals surface area contributed by atoms with Crippen molar-refractivity contribution in [3.05, 3.63) is 23.7 Å². The Morgan fingerprint density at radius 1 is 1.32 bits per heavy atom. The molecule has 1 rings (SSSR count). The topological polar surface area (TPSA) is 56.9 Å². The summed E-state index contributed by atoms with van der Waals surface area (Å²) in [5.74, 6) is 1.71. The zero-order valence-electron chi connectivity index (χ0n) is 12.1. The lowest BCUT2D eigenvalue weighted by molar-refractivity contribution is -0.132. The van der Waals surface area contributed by atoms with E-state index in [2.05, 4.69) is 0 Å². The fourth-order valence-corrected chi connectivity index (χ4v) is 1.76. The van der Waals surface area contributed by atoms with Crippen LogP contribution in [0.5, 0.6) is 0 Å². The summed E-state index contributed by atoms with van der Waals surface area (Å²) in [6, 6.07) is 3.80. The molecule has 0 saturated heterocycles. The van der Waals surface area contributed by atoms with Gasteiger partial charge in [0.2, 0.25) is 5.91 Å². The Labute approximate surface area is 114 Å². The highest BCUT2D eigenvalue weighted by Gasteiger charge is 2.15. The Bertz CT molecular complexity index is 388. The van der Waals surface area contributed by atoms with Gasteiger partial charge in [0.15, 0.2) is 0 Å². The van der Waals surface area contributed by atoms with Crippen LogP contribution in [-0.2, 0) is 11.3 Å². The zero-order chi connectivity index (χ0) is 14.3. The monoisotopic (exact) mass is 268 g/mol. The molecule has 5 nitrogen and oxygen atoms in total.